The Hall–Kier alpha value is -1.98. The summed E-state index contributed by atoms with van der Waals surface area (Å²) in [6, 6.07) is 2.07. The van der Waals surface area contributed by atoms with Crippen LogP contribution in [0.5, 0.6) is 0 Å². The number of aromatic carboxylic acids is 1. The van der Waals surface area contributed by atoms with Gasteiger partial charge in [0.25, 0.3) is 10.1 Å². The minimum absolute atomic E-state index is 0.500. The van der Waals surface area contributed by atoms with Crippen molar-refractivity contribution in [3.05, 3.63) is 29.3 Å². The van der Waals surface area contributed by atoms with Crippen LogP contribution in [0.2, 0.25) is 0 Å². The van der Waals surface area contributed by atoms with Gasteiger partial charge < -0.3 is 9.29 Å². The zero-order valence-electron chi connectivity index (χ0n) is 8.84. The summed E-state index contributed by atoms with van der Waals surface area (Å²) in [6.45, 7) is 0. The Morgan fingerprint density at radius 1 is 1.21 bits per heavy atom. The molecule has 0 aliphatic rings. The summed E-state index contributed by atoms with van der Waals surface area (Å²) < 4.78 is 54.9. The predicted octanol–water partition coefficient (Wildman–Crippen LogP) is -0.685. The van der Waals surface area contributed by atoms with Gasteiger partial charge in [-0.3, -0.25) is 4.55 Å². The maximum Gasteiger partial charge on any atom is 0.353 e. The maximum absolute atomic E-state index is 11.2. The van der Waals surface area contributed by atoms with Gasteiger partial charge in [-0.2, -0.15) is 16.8 Å². The molecule has 0 bridgehead atoms. The van der Waals surface area contributed by atoms with Gasteiger partial charge in [-0.15, -0.1) is 0 Å². The number of carbonyl (C=O) groups excluding carboxylic acids is 1. The quantitative estimate of drug-likeness (QED) is 0.484. The van der Waals surface area contributed by atoms with Gasteiger partial charge in [0.1, 0.15) is 4.90 Å². The second-order valence-electron chi connectivity index (χ2n) is 3.09. The highest BCUT2D eigenvalue weighted by Gasteiger charge is 2.22. The highest BCUT2D eigenvalue weighted by atomic mass is 32.2. The average molecular weight is 310 g/mol. The van der Waals surface area contributed by atoms with E-state index in [9.17, 15) is 26.4 Å². The topological polar surface area (TPSA) is 152 Å². The van der Waals surface area contributed by atoms with E-state index in [2.05, 4.69) is 4.18 Å². The minimum atomic E-state index is -4.90. The lowest BCUT2D eigenvalue weighted by Crippen LogP contribution is -2.11. The fourth-order valence-electron chi connectivity index (χ4n) is 1.16. The second-order valence-corrected chi connectivity index (χ2v) is 5.11. The van der Waals surface area contributed by atoms with Gasteiger partial charge in [0, 0.05) is 0 Å². The van der Waals surface area contributed by atoms with E-state index in [0.29, 0.717) is 6.07 Å². The Balaban J connectivity index is 3.43. The van der Waals surface area contributed by atoms with Crippen molar-refractivity contribution in [1.82, 2.24) is 0 Å². The Morgan fingerprint density at radius 2 is 1.79 bits per heavy atom. The van der Waals surface area contributed by atoms with E-state index in [1.807, 2.05) is 0 Å². The van der Waals surface area contributed by atoms with E-state index in [0.717, 1.165) is 12.1 Å². The van der Waals surface area contributed by atoms with Crippen LogP contribution in [-0.2, 0) is 25.3 Å². The molecule has 0 fully saturated rings. The predicted molar refractivity (Wildman–Crippen MR) is 58.9 cm³/mol. The van der Waals surface area contributed by atoms with Crippen LogP contribution in [-0.4, -0.2) is 38.4 Å². The van der Waals surface area contributed by atoms with Crippen molar-refractivity contribution in [2.24, 2.45) is 0 Å². The fourth-order valence-corrected chi connectivity index (χ4v) is 2.11. The van der Waals surface area contributed by atoms with Crippen molar-refractivity contribution < 1.29 is 40.3 Å². The van der Waals surface area contributed by atoms with Crippen LogP contribution in [0.3, 0.4) is 0 Å². The summed E-state index contributed by atoms with van der Waals surface area (Å²) in [7, 11) is -8.40. The summed E-state index contributed by atoms with van der Waals surface area (Å²) in [5.74, 6) is -3.06. The number of carbonyl (C=O) groups is 2. The lowest BCUT2D eigenvalue weighted by atomic mass is 10.1. The molecule has 0 heterocycles. The molecular weight excluding hydrogens is 304 g/mol. The molecule has 0 aliphatic heterocycles. The van der Waals surface area contributed by atoms with Gasteiger partial charge in [0.05, 0.1) is 11.1 Å². The Labute approximate surface area is 108 Å². The molecular formula is C8H6O9S2. The van der Waals surface area contributed by atoms with Gasteiger partial charge in [-0.1, -0.05) is 0 Å². The third-order valence-corrected chi connectivity index (χ3v) is 3.09. The van der Waals surface area contributed by atoms with Crippen LogP contribution in [0.25, 0.3) is 0 Å². The Bertz CT molecular complexity index is 706. The molecule has 0 amide bonds. The van der Waals surface area contributed by atoms with Crippen LogP contribution in [0, 0.1) is 0 Å². The Kier molecular flexibility index (Phi) is 4.24. The summed E-state index contributed by atoms with van der Waals surface area (Å²) in [6.07, 6.45) is 0. The number of hydrogen-bond acceptors (Lipinski definition) is 7. The first-order valence-electron chi connectivity index (χ1n) is 4.34. The Morgan fingerprint density at radius 3 is 2.21 bits per heavy atom. The summed E-state index contributed by atoms with van der Waals surface area (Å²) in [5.41, 5.74) is -1.32. The fraction of sp³-hybridized carbons (Fsp3) is 0. The van der Waals surface area contributed by atoms with Crippen LogP contribution in [0.1, 0.15) is 20.7 Å². The van der Waals surface area contributed by atoms with Crippen molar-refractivity contribution in [2.45, 2.75) is 4.90 Å². The molecule has 0 aromatic heterocycles. The van der Waals surface area contributed by atoms with Crippen LogP contribution in [0.4, 0.5) is 0 Å². The molecule has 0 saturated heterocycles. The molecule has 0 saturated carbocycles. The summed E-state index contributed by atoms with van der Waals surface area (Å²) in [4.78, 5) is 20.9. The lowest BCUT2D eigenvalue weighted by Gasteiger charge is -2.04. The molecule has 0 radical (unpaired) electrons. The van der Waals surface area contributed by atoms with Crippen molar-refractivity contribution in [3.8, 4) is 0 Å². The molecule has 0 unspecified atom stereocenters. The number of thiol groups is 1. The molecule has 0 atom stereocenters. The number of benzene rings is 1. The van der Waals surface area contributed by atoms with E-state index in [-0.39, 0.29) is 0 Å². The van der Waals surface area contributed by atoms with Crippen LogP contribution >= 0.6 is 0 Å². The number of carboxylic acids is 1. The molecule has 1 rings (SSSR count). The maximum atomic E-state index is 11.2. The van der Waals surface area contributed by atoms with E-state index in [1.54, 1.807) is 0 Å². The molecule has 11 heteroatoms. The molecule has 19 heavy (non-hydrogen) atoms. The summed E-state index contributed by atoms with van der Waals surface area (Å²) >= 11 is 0. The average Bonchev–Trinajstić information content (AvgIpc) is 2.25. The smallest absolute Gasteiger partial charge is 0.353 e. The lowest BCUT2D eigenvalue weighted by molar-refractivity contribution is 0.0688. The van der Waals surface area contributed by atoms with E-state index in [4.69, 9.17) is 9.66 Å². The van der Waals surface area contributed by atoms with Crippen molar-refractivity contribution in [3.63, 3.8) is 0 Å². The molecule has 0 aliphatic carbocycles. The van der Waals surface area contributed by atoms with Crippen molar-refractivity contribution in [2.75, 3.05) is 0 Å². The normalized spacial score (nSPS) is 11.3. The van der Waals surface area contributed by atoms with E-state index in [1.165, 1.54) is 0 Å². The number of carboxylic acid groups (broad SMARTS) is 1. The van der Waals surface area contributed by atoms with Crippen LogP contribution < -0.4 is 0 Å². The minimum Gasteiger partial charge on any atom is -0.478 e. The van der Waals surface area contributed by atoms with Crippen LogP contribution in [0.15, 0.2) is 23.1 Å². The SMILES string of the molecule is O=C(O[SH](=O)=O)c1ccc(C(=O)O)c(S(=O)(=O)O)c1. The third kappa shape index (κ3) is 3.74. The monoisotopic (exact) mass is 310 g/mol. The van der Waals surface area contributed by atoms with E-state index < -0.39 is 49.1 Å². The van der Waals surface area contributed by atoms with Gasteiger partial charge >= 0.3 is 22.9 Å². The van der Waals surface area contributed by atoms with Gasteiger partial charge in [-0.25, -0.2) is 9.59 Å². The first kappa shape index (κ1) is 15.1. The highest BCUT2D eigenvalue weighted by Crippen LogP contribution is 2.18. The second kappa shape index (κ2) is 5.34. The standard InChI is InChI=1S/C8H6O9S2/c9-7(10)5-2-1-4(8(11)17-18(12)13)3-6(5)19(14,15)16/h1-3,18H,(H,9,10)(H,14,15,16). The zero-order chi connectivity index (χ0) is 14.8. The van der Waals surface area contributed by atoms with E-state index >= 15 is 0 Å². The third-order valence-electron chi connectivity index (χ3n) is 1.88. The molecule has 1 aromatic rings. The largest absolute Gasteiger partial charge is 0.478 e. The molecule has 104 valence electrons. The summed E-state index contributed by atoms with van der Waals surface area (Å²) in [5, 5.41) is 8.72. The molecule has 0 spiro atoms. The molecule has 2 N–H and O–H groups in total. The first-order chi connectivity index (χ1) is 8.62. The van der Waals surface area contributed by atoms with Gasteiger partial charge in [0.2, 0.25) is 0 Å². The first-order valence-corrected chi connectivity index (χ1v) is 6.88. The van der Waals surface area contributed by atoms with Crippen molar-refractivity contribution >= 4 is 33.0 Å². The molecule has 1 aromatic carbocycles. The highest BCUT2D eigenvalue weighted by molar-refractivity contribution is 7.86. The number of hydrogen-bond donors (Lipinski definition) is 3. The zero-order valence-corrected chi connectivity index (χ0v) is 10.6. The number of rotatable bonds is 4. The molecule has 9 nitrogen and oxygen atoms in total. The van der Waals surface area contributed by atoms with Gasteiger partial charge in [-0.05, 0) is 18.2 Å². The van der Waals surface area contributed by atoms with Crippen molar-refractivity contribution in [1.29, 1.82) is 0 Å². The van der Waals surface area contributed by atoms with Gasteiger partial charge in [0.15, 0.2) is 0 Å².